The maximum atomic E-state index is 12.9. The van der Waals surface area contributed by atoms with Gasteiger partial charge in [0.25, 0.3) is 0 Å². The van der Waals surface area contributed by atoms with Crippen LogP contribution < -0.4 is 5.32 Å². The molecule has 1 amide bonds. The molecule has 0 spiro atoms. The molecule has 0 aliphatic heterocycles. The number of rotatable bonds is 6. The molecule has 19 heavy (non-hydrogen) atoms. The first kappa shape index (κ1) is 13.3. The minimum atomic E-state index is -0.248. The van der Waals surface area contributed by atoms with Crippen molar-refractivity contribution in [3.05, 3.63) is 59.8 Å². The van der Waals surface area contributed by atoms with E-state index in [1.807, 2.05) is 12.1 Å². The number of carbonyl (C=O) groups excluding carboxylic acids is 1. The molecule has 0 saturated heterocycles. The Bertz CT molecular complexity index is 523. The van der Waals surface area contributed by atoms with E-state index in [1.54, 1.807) is 18.4 Å². The third-order valence-electron chi connectivity index (χ3n) is 2.80. The van der Waals surface area contributed by atoms with Gasteiger partial charge < -0.3 is 9.73 Å². The molecule has 1 heterocycles. The summed E-state index contributed by atoms with van der Waals surface area (Å²) in [4.78, 5) is 11.6. The van der Waals surface area contributed by atoms with E-state index in [2.05, 4.69) is 5.32 Å². The third kappa shape index (κ3) is 4.58. The minimum absolute atomic E-state index is 0.0206. The fourth-order valence-corrected chi connectivity index (χ4v) is 1.82. The Labute approximate surface area is 111 Å². The number of carbonyl (C=O) groups is 1. The third-order valence-corrected chi connectivity index (χ3v) is 2.80. The maximum Gasteiger partial charge on any atom is 0.220 e. The van der Waals surface area contributed by atoms with Gasteiger partial charge in [-0.25, -0.2) is 4.39 Å². The fraction of sp³-hybridized carbons (Fsp3) is 0.267. The number of aryl methyl sites for hydroxylation is 1. The van der Waals surface area contributed by atoms with Crippen LogP contribution in [0.2, 0.25) is 0 Å². The van der Waals surface area contributed by atoms with Gasteiger partial charge >= 0.3 is 0 Å². The normalized spacial score (nSPS) is 10.4. The zero-order valence-corrected chi connectivity index (χ0v) is 10.6. The number of halogens is 1. The molecule has 0 aliphatic rings. The Morgan fingerprint density at radius 1 is 1.21 bits per heavy atom. The first-order valence-corrected chi connectivity index (χ1v) is 6.27. The highest BCUT2D eigenvalue weighted by Gasteiger charge is 2.03. The topological polar surface area (TPSA) is 42.2 Å². The molecule has 3 nitrogen and oxygen atoms in total. The molecule has 1 N–H and O–H groups in total. The monoisotopic (exact) mass is 261 g/mol. The molecular weight excluding hydrogens is 245 g/mol. The largest absolute Gasteiger partial charge is 0.469 e. The molecule has 100 valence electrons. The lowest BCUT2D eigenvalue weighted by Crippen LogP contribution is -2.25. The summed E-state index contributed by atoms with van der Waals surface area (Å²) in [6.07, 6.45) is 3.22. The van der Waals surface area contributed by atoms with Crippen LogP contribution in [0.25, 0.3) is 0 Å². The predicted molar refractivity (Wildman–Crippen MR) is 70.1 cm³/mol. The van der Waals surface area contributed by atoms with Gasteiger partial charge in [-0.2, -0.15) is 0 Å². The Kier molecular flexibility index (Phi) is 4.72. The quantitative estimate of drug-likeness (QED) is 0.868. The molecule has 0 fully saturated rings. The van der Waals surface area contributed by atoms with Crippen LogP contribution in [-0.2, 0) is 17.6 Å². The average molecular weight is 261 g/mol. The summed E-state index contributed by atoms with van der Waals surface area (Å²) in [5, 5.41) is 2.81. The molecule has 0 unspecified atom stereocenters. The summed E-state index contributed by atoms with van der Waals surface area (Å²) in [6, 6.07) is 10.1. The van der Waals surface area contributed by atoms with Gasteiger partial charge in [-0.15, -0.1) is 0 Å². The van der Waals surface area contributed by atoms with Crippen molar-refractivity contribution in [3.8, 4) is 0 Å². The van der Waals surface area contributed by atoms with Crippen LogP contribution in [0.15, 0.2) is 47.1 Å². The molecule has 4 heteroatoms. The second-order valence-electron chi connectivity index (χ2n) is 4.31. The van der Waals surface area contributed by atoms with E-state index in [0.717, 1.165) is 11.3 Å². The molecule has 2 rings (SSSR count). The summed E-state index contributed by atoms with van der Waals surface area (Å²) in [6.45, 7) is 0.514. The SMILES string of the molecule is O=C(CCc1ccco1)NCCc1cccc(F)c1. The van der Waals surface area contributed by atoms with Crippen LogP contribution in [0, 0.1) is 5.82 Å². The summed E-state index contributed by atoms with van der Waals surface area (Å²) < 4.78 is 18.1. The van der Waals surface area contributed by atoms with Gasteiger partial charge in [0.05, 0.1) is 6.26 Å². The molecule has 0 saturated carbocycles. The van der Waals surface area contributed by atoms with Gasteiger partial charge in [0.2, 0.25) is 5.91 Å². The molecule has 1 aromatic carbocycles. The van der Waals surface area contributed by atoms with Crippen molar-refractivity contribution < 1.29 is 13.6 Å². The Hall–Kier alpha value is -2.10. The average Bonchev–Trinajstić information content (AvgIpc) is 2.89. The zero-order valence-electron chi connectivity index (χ0n) is 10.6. The van der Waals surface area contributed by atoms with Gasteiger partial charge in [-0.1, -0.05) is 12.1 Å². The molecule has 0 bridgehead atoms. The van der Waals surface area contributed by atoms with E-state index in [-0.39, 0.29) is 11.7 Å². The predicted octanol–water partition coefficient (Wildman–Crippen LogP) is 2.71. The number of furan rings is 1. The first-order valence-electron chi connectivity index (χ1n) is 6.27. The Balaban J connectivity index is 1.66. The summed E-state index contributed by atoms with van der Waals surface area (Å²) in [7, 11) is 0. The van der Waals surface area contributed by atoms with Crippen molar-refractivity contribution in [2.24, 2.45) is 0 Å². The minimum Gasteiger partial charge on any atom is -0.469 e. The highest BCUT2D eigenvalue weighted by molar-refractivity contribution is 5.76. The summed E-state index contributed by atoms with van der Waals surface area (Å²) >= 11 is 0. The second-order valence-corrected chi connectivity index (χ2v) is 4.31. The van der Waals surface area contributed by atoms with Crippen LogP contribution in [0.4, 0.5) is 4.39 Å². The van der Waals surface area contributed by atoms with E-state index >= 15 is 0 Å². The van der Waals surface area contributed by atoms with Crippen molar-refractivity contribution in [1.29, 1.82) is 0 Å². The van der Waals surface area contributed by atoms with Gasteiger partial charge in [0.15, 0.2) is 0 Å². The molecule has 0 atom stereocenters. The molecule has 0 aliphatic carbocycles. The highest BCUT2D eigenvalue weighted by Crippen LogP contribution is 2.05. The summed E-state index contributed by atoms with van der Waals surface area (Å²) in [5.41, 5.74) is 0.881. The number of amides is 1. The lowest BCUT2D eigenvalue weighted by atomic mass is 10.1. The molecule has 0 radical (unpaired) electrons. The number of hydrogen-bond donors (Lipinski definition) is 1. The molecule has 1 aromatic heterocycles. The van der Waals surface area contributed by atoms with Gasteiger partial charge in [-0.05, 0) is 36.2 Å². The van der Waals surface area contributed by atoms with Crippen LogP contribution >= 0.6 is 0 Å². The van der Waals surface area contributed by atoms with Crippen molar-refractivity contribution in [2.45, 2.75) is 19.3 Å². The molecule has 2 aromatic rings. The van der Waals surface area contributed by atoms with E-state index < -0.39 is 0 Å². The van der Waals surface area contributed by atoms with E-state index in [4.69, 9.17) is 4.42 Å². The van der Waals surface area contributed by atoms with Crippen molar-refractivity contribution in [3.63, 3.8) is 0 Å². The zero-order chi connectivity index (χ0) is 13.5. The smallest absolute Gasteiger partial charge is 0.220 e. The number of nitrogens with one attached hydrogen (secondary N) is 1. The van der Waals surface area contributed by atoms with E-state index in [0.29, 0.717) is 25.8 Å². The first-order chi connectivity index (χ1) is 9.24. The van der Waals surface area contributed by atoms with Gasteiger partial charge in [0.1, 0.15) is 11.6 Å². The van der Waals surface area contributed by atoms with Crippen molar-refractivity contribution in [1.82, 2.24) is 5.32 Å². The number of hydrogen-bond acceptors (Lipinski definition) is 2. The number of benzene rings is 1. The van der Waals surface area contributed by atoms with Crippen LogP contribution in [0.3, 0.4) is 0 Å². The van der Waals surface area contributed by atoms with E-state index in [1.165, 1.54) is 12.1 Å². The van der Waals surface area contributed by atoms with E-state index in [9.17, 15) is 9.18 Å². The Morgan fingerprint density at radius 2 is 2.11 bits per heavy atom. The lowest BCUT2D eigenvalue weighted by Gasteiger charge is -2.05. The maximum absolute atomic E-state index is 12.9. The van der Waals surface area contributed by atoms with Crippen LogP contribution in [0.1, 0.15) is 17.7 Å². The highest BCUT2D eigenvalue weighted by atomic mass is 19.1. The van der Waals surface area contributed by atoms with Crippen LogP contribution in [-0.4, -0.2) is 12.5 Å². The van der Waals surface area contributed by atoms with Gasteiger partial charge in [-0.3, -0.25) is 4.79 Å². The van der Waals surface area contributed by atoms with Crippen molar-refractivity contribution in [2.75, 3.05) is 6.54 Å². The van der Waals surface area contributed by atoms with Crippen LogP contribution in [0.5, 0.6) is 0 Å². The van der Waals surface area contributed by atoms with Crippen molar-refractivity contribution >= 4 is 5.91 Å². The lowest BCUT2D eigenvalue weighted by molar-refractivity contribution is -0.121. The fourth-order valence-electron chi connectivity index (χ4n) is 1.82. The Morgan fingerprint density at radius 3 is 2.84 bits per heavy atom. The standard InChI is InChI=1S/C15H16FNO2/c16-13-4-1-3-12(11-13)8-9-17-15(18)7-6-14-5-2-10-19-14/h1-5,10-11H,6-9H2,(H,17,18). The van der Waals surface area contributed by atoms with Gasteiger partial charge in [0, 0.05) is 19.4 Å². The summed E-state index contributed by atoms with van der Waals surface area (Å²) in [5.74, 6) is 0.537. The molecular formula is C15H16FNO2. The second kappa shape index (κ2) is 6.73.